The van der Waals surface area contributed by atoms with Gasteiger partial charge in [-0.2, -0.15) is 0 Å². The van der Waals surface area contributed by atoms with Gasteiger partial charge in [-0.05, 0) is 13.0 Å². The number of aromatic amines is 1. The Labute approximate surface area is 147 Å². The van der Waals surface area contributed by atoms with Gasteiger partial charge in [-0.15, -0.1) is 22.7 Å². The van der Waals surface area contributed by atoms with Crippen molar-refractivity contribution in [1.82, 2.24) is 19.3 Å². The Balaban J connectivity index is 2.12. The van der Waals surface area contributed by atoms with Crippen molar-refractivity contribution in [2.45, 2.75) is 17.7 Å². The maximum absolute atomic E-state index is 12.5. The molecule has 3 aromatic heterocycles. The van der Waals surface area contributed by atoms with Gasteiger partial charge in [0.1, 0.15) is 9.04 Å². The Morgan fingerprint density at radius 3 is 2.72 bits per heavy atom. The number of carboxylic acid groups (broad SMARTS) is 1. The number of sulfonamides is 1. The standard InChI is InChI=1S/C12H10N4O6S3/c1-5-13-3-6(23-5)4-16-10(17)7-2-8(24-9(7)14-11(16)18)25(21,22)15-12(19)20/h2-3,15H,4H2,1H3,(H,14,18)(H,19,20). The first-order valence-corrected chi connectivity index (χ1v) is 9.73. The van der Waals surface area contributed by atoms with E-state index in [-0.39, 0.29) is 21.0 Å². The second kappa shape index (κ2) is 6.09. The molecule has 13 heteroatoms. The Bertz CT molecular complexity index is 1200. The summed E-state index contributed by atoms with van der Waals surface area (Å²) in [4.78, 5) is 42.5. The molecule has 0 spiro atoms. The number of rotatable bonds is 4. The topological polar surface area (TPSA) is 151 Å². The van der Waals surface area contributed by atoms with E-state index >= 15 is 0 Å². The van der Waals surface area contributed by atoms with Crippen LogP contribution in [0.4, 0.5) is 4.79 Å². The molecule has 3 aromatic rings. The molecule has 0 radical (unpaired) electrons. The predicted octanol–water partition coefficient (Wildman–Crippen LogP) is 0.521. The summed E-state index contributed by atoms with van der Waals surface area (Å²) >= 11 is 1.93. The Morgan fingerprint density at radius 1 is 1.40 bits per heavy atom. The highest BCUT2D eigenvalue weighted by molar-refractivity contribution is 7.92. The van der Waals surface area contributed by atoms with Gasteiger partial charge < -0.3 is 5.11 Å². The van der Waals surface area contributed by atoms with Gasteiger partial charge in [-0.1, -0.05) is 0 Å². The van der Waals surface area contributed by atoms with Crippen LogP contribution in [0.15, 0.2) is 26.1 Å². The van der Waals surface area contributed by atoms with Crippen LogP contribution < -0.4 is 16.0 Å². The van der Waals surface area contributed by atoms with Crippen molar-refractivity contribution in [2.75, 3.05) is 0 Å². The average Bonchev–Trinajstić information content (AvgIpc) is 3.09. The molecule has 25 heavy (non-hydrogen) atoms. The number of amides is 1. The van der Waals surface area contributed by atoms with Gasteiger partial charge in [0, 0.05) is 11.1 Å². The van der Waals surface area contributed by atoms with Crippen molar-refractivity contribution in [1.29, 1.82) is 0 Å². The lowest BCUT2D eigenvalue weighted by atomic mass is 10.4. The van der Waals surface area contributed by atoms with Crippen LogP contribution in [0, 0.1) is 6.92 Å². The van der Waals surface area contributed by atoms with E-state index < -0.39 is 27.4 Å². The Hall–Kier alpha value is -2.51. The van der Waals surface area contributed by atoms with Crippen LogP contribution in [0.5, 0.6) is 0 Å². The van der Waals surface area contributed by atoms with Crippen LogP contribution in [-0.2, 0) is 16.6 Å². The van der Waals surface area contributed by atoms with Gasteiger partial charge in [0.25, 0.3) is 15.6 Å². The van der Waals surface area contributed by atoms with Crippen LogP contribution in [0.25, 0.3) is 10.2 Å². The predicted molar refractivity (Wildman–Crippen MR) is 91.0 cm³/mol. The molecular formula is C12H10N4O6S3. The molecule has 132 valence electrons. The molecular weight excluding hydrogens is 392 g/mol. The molecule has 0 saturated carbocycles. The quantitative estimate of drug-likeness (QED) is 0.575. The van der Waals surface area contributed by atoms with Gasteiger partial charge in [0.15, 0.2) is 0 Å². The van der Waals surface area contributed by atoms with Crippen LogP contribution in [0.1, 0.15) is 9.88 Å². The average molecular weight is 402 g/mol. The van der Waals surface area contributed by atoms with Gasteiger partial charge >= 0.3 is 11.8 Å². The molecule has 0 unspecified atom stereocenters. The number of aryl methyl sites for hydroxylation is 1. The lowest BCUT2D eigenvalue weighted by Crippen LogP contribution is -2.34. The second-order valence-corrected chi connectivity index (χ2v) is 9.17. The van der Waals surface area contributed by atoms with E-state index in [0.29, 0.717) is 16.2 Å². The zero-order valence-electron chi connectivity index (χ0n) is 12.5. The van der Waals surface area contributed by atoms with Crippen molar-refractivity contribution in [3.8, 4) is 0 Å². The molecule has 3 heterocycles. The highest BCUT2D eigenvalue weighted by atomic mass is 32.2. The number of hydrogen-bond acceptors (Lipinski definition) is 8. The summed E-state index contributed by atoms with van der Waals surface area (Å²) in [5.74, 6) is 0. The number of thiophene rings is 1. The third-order valence-electron chi connectivity index (χ3n) is 3.12. The minimum atomic E-state index is -4.33. The number of fused-ring (bicyclic) bond motifs is 1. The first-order chi connectivity index (χ1) is 11.7. The molecule has 3 rings (SSSR count). The summed E-state index contributed by atoms with van der Waals surface area (Å²) in [6.45, 7) is 1.79. The van der Waals surface area contributed by atoms with Crippen molar-refractivity contribution >= 4 is 49.0 Å². The summed E-state index contributed by atoms with van der Waals surface area (Å²) in [7, 11) is -4.33. The van der Waals surface area contributed by atoms with Gasteiger partial charge in [0.05, 0.1) is 16.9 Å². The number of H-pyrrole nitrogens is 1. The minimum absolute atomic E-state index is 0.000912. The third-order valence-corrected chi connectivity index (χ3v) is 6.86. The van der Waals surface area contributed by atoms with Crippen LogP contribution in [0.2, 0.25) is 0 Å². The monoisotopic (exact) mass is 402 g/mol. The zero-order valence-corrected chi connectivity index (χ0v) is 14.9. The fourth-order valence-corrected chi connectivity index (χ4v) is 5.07. The number of hydrogen-bond donors (Lipinski definition) is 3. The summed E-state index contributed by atoms with van der Waals surface area (Å²) in [6.07, 6.45) is -0.194. The normalized spacial score (nSPS) is 11.7. The summed E-state index contributed by atoms with van der Waals surface area (Å²) < 4.78 is 25.7. The molecule has 0 aliphatic heterocycles. The molecule has 3 N–H and O–H groups in total. The maximum atomic E-state index is 12.5. The molecule has 0 aromatic carbocycles. The first-order valence-electron chi connectivity index (χ1n) is 6.61. The molecule has 0 fully saturated rings. The van der Waals surface area contributed by atoms with Gasteiger partial charge in [-0.3, -0.25) is 14.3 Å². The SMILES string of the molecule is Cc1ncc(Cn2c(=O)[nH]c3sc(S(=O)(=O)NC(=O)O)cc3c2=O)s1. The molecule has 1 amide bonds. The van der Waals surface area contributed by atoms with E-state index in [1.807, 2.05) is 0 Å². The molecule has 10 nitrogen and oxygen atoms in total. The van der Waals surface area contributed by atoms with E-state index in [2.05, 4.69) is 9.97 Å². The highest BCUT2D eigenvalue weighted by Gasteiger charge is 2.22. The van der Waals surface area contributed by atoms with Crippen molar-refractivity contribution in [3.05, 3.63) is 43.0 Å². The zero-order chi connectivity index (χ0) is 18.4. The van der Waals surface area contributed by atoms with Crippen molar-refractivity contribution in [2.24, 2.45) is 0 Å². The number of aromatic nitrogens is 3. The van der Waals surface area contributed by atoms with Crippen LogP contribution >= 0.6 is 22.7 Å². The molecule has 0 aliphatic carbocycles. The number of thiazole rings is 1. The van der Waals surface area contributed by atoms with Crippen molar-refractivity contribution in [3.63, 3.8) is 0 Å². The molecule has 0 aliphatic rings. The van der Waals surface area contributed by atoms with Crippen LogP contribution in [-0.4, -0.2) is 34.2 Å². The lowest BCUT2D eigenvalue weighted by molar-refractivity contribution is 0.201. The van der Waals surface area contributed by atoms with E-state index in [4.69, 9.17) is 5.11 Å². The summed E-state index contributed by atoms with van der Waals surface area (Å²) in [6, 6.07) is 1.04. The number of nitrogens with zero attached hydrogens (tertiary/aromatic N) is 2. The van der Waals surface area contributed by atoms with Gasteiger partial charge in [-0.25, -0.2) is 27.7 Å². The van der Waals surface area contributed by atoms with E-state index in [1.165, 1.54) is 16.1 Å². The lowest BCUT2D eigenvalue weighted by Gasteiger charge is -2.01. The van der Waals surface area contributed by atoms with E-state index in [0.717, 1.165) is 15.6 Å². The largest absolute Gasteiger partial charge is 0.464 e. The molecule has 0 bridgehead atoms. The molecule has 0 atom stereocenters. The fraction of sp³-hybridized carbons (Fsp3) is 0.167. The van der Waals surface area contributed by atoms with E-state index in [1.54, 1.807) is 13.1 Å². The Kier molecular flexibility index (Phi) is 4.22. The van der Waals surface area contributed by atoms with Crippen molar-refractivity contribution < 1.29 is 18.3 Å². The number of nitrogens with one attached hydrogen (secondary N) is 2. The fourth-order valence-electron chi connectivity index (χ4n) is 2.10. The first kappa shape index (κ1) is 17.3. The maximum Gasteiger partial charge on any atom is 0.418 e. The number of carbonyl (C=O) groups is 1. The van der Waals surface area contributed by atoms with Crippen LogP contribution in [0.3, 0.4) is 0 Å². The highest BCUT2D eigenvalue weighted by Crippen LogP contribution is 2.24. The van der Waals surface area contributed by atoms with E-state index in [9.17, 15) is 22.8 Å². The summed E-state index contributed by atoms with van der Waals surface area (Å²) in [5.41, 5.74) is -1.36. The second-order valence-electron chi connectivity index (χ2n) is 4.89. The third kappa shape index (κ3) is 3.33. The smallest absolute Gasteiger partial charge is 0.418 e. The molecule has 0 saturated heterocycles. The van der Waals surface area contributed by atoms with Gasteiger partial charge in [0.2, 0.25) is 0 Å². The Morgan fingerprint density at radius 2 is 2.12 bits per heavy atom. The minimum Gasteiger partial charge on any atom is -0.464 e. The summed E-state index contributed by atoms with van der Waals surface area (Å²) in [5, 5.41) is 9.34.